The molecule has 0 aliphatic heterocycles. The minimum absolute atomic E-state index is 0.401. The number of pyridine rings is 2. The number of rotatable bonds is 6. The normalized spacial score (nSPS) is 14.2. The molecule has 2 atom stereocenters. The number of aromatic nitrogens is 2. The lowest BCUT2D eigenvalue weighted by Gasteiger charge is -2.25. The summed E-state index contributed by atoms with van der Waals surface area (Å²) in [7, 11) is 0. The molecule has 0 spiro atoms. The van der Waals surface area contributed by atoms with Crippen molar-refractivity contribution >= 4 is 17.4 Å². The van der Waals surface area contributed by atoms with Crippen molar-refractivity contribution in [1.29, 1.82) is 0 Å². The first-order valence-corrected chi connectivity index (χ1v) is 12.2. The van der Waals surface area contributed by atoms with Crippen molar-refractivity contribution in [3.8, 4) is 0 Å². The first kappa shape index (κ1) is 27.3. The van der Waals surface area contributed by atoms with Crippen molar-refractivity contribution in [2.24, 2.45) is 0 Å². The van der Waals surface area contributed by atoms with E-state index in [1.165, 1.54) is 11.1 Å². The van der Waals surface area contributed by atoms with Crippen LogP contribution in [0.5, 0.6) is 0 Å². The number of aliphatic hydroxyl groups is 2. The number of nitrogens with two attached hydrogens (primary N) is 1. The van der Waals surface area contributed by atoms with Crippen LogP contribution in [0, 0.1) is 13.8 Å². The topological polar surface area (TPSA) is 92.3 Å². The van der Waals surface area contributed by atoms with Gasteiger partial charge in [-0.3, -0.25) is 0 Å². The Hall–Kier alpha value is -3.25. The molecule has 4 aromatic rings. The molecular weight excluding hydrogens is 470 g/mol. The second-order valence-electron chi connectivity index (χ2n) is 9.59. The summed E-state index contributed by atoms with van der Waals surface area (Å²) in [6, 6.07) is 23.2. The molecule has 6 heteroatoms. The van der Waals surface area contributed by atoms with Crippen LogP contribution in [0.15, 0.2) is 85.2 Å². The highest BCUT2D eigenvalue weighted by molar-refractivity contribution is 6.29. The molecule has 0 bridgehead atoms. The Morgan fingerprint density at radius 1 is 0.722 bits per heavy atom. The highest BCUT2D eigenvalue weighted by Gasteiger charge is 2.25. The maximum Gasteiger partial charge on any atom is 0.129 e. The smallest absolute Gasteiger partial charge is 0.129 e. The minimum Gasteiger partial charge on any atom is -0.385 e. The van der Waals surface area contributed by atoms with Gasteiger partial charge in [-0.25, -0.2) is 9.97 Å². The molecule has 0 aliphatic carbocycles. The van der Waals surface area contributed by atoms with Crippen LogP contribution in [0.4, 0.5) is 5.82 Å². The van der Waals surface area contributed by atoms with Crippen LogP contribution in [-0.2, 0) is 24.0 Å². The molecule has 0 saturated heterocycles. The number of anilines is 1. The number of hydrogen-bond acceptors (Lipinski definition) is 5. The molecule has 0 aliphatic rings. The summed E-state index contributed by atoms with van der Waals surface area (Å²) < 4.78 is 0. The third-order valence-corrected chi connectivity index (χ3v) is 6.55. The molecule has 5 nitrogen and oxygen atoms in total. The van der Waals surface area contributed by atoms with Gasteiger partial charge in [0.25, 0.3) is 0 Å². The molecule has 188 valence electrons. The first-order valence-electron chi connectivity index (χ1n) is 11.9. The molecule has 4 rings (SSSR count). The Labute approximate surface area is 218 Å². The van der Waals surface area contributed by atoms with Crippen molar-refractivity contribution < 1.29 is 10.2 Å². The number of hydrogen-bond donors (Lipinski definition) is 3. The van der Waals surface area contributed by atoms with Gasteiger partial charge in [0.05, 0.1) is 11.2 Å². The maximum absolute atomic E-state index is 10.6. The average molecular weight is 504 g/mol. The van der Waals surface area contributed by atoms with Gasteiger partial charge in [-0.1, -0.05) is 60.1 Å². The third kappa shape index (κ3) is 7.37. The molecule has 0 amide bonds. The highest BCUT2D eigenvalue weighted by Crippen LogP contribution is 2.28. The van der Waals surface area contributed by atoms with Crippen molar-refractivity contribution in [2.75, 3.05) is 5.73 Å². The summed E-state index contributed by atoms with van der Waals surface area (Å²) in [4.78, 5) is 7.88. The van der Waals surface area contributed by atoms with Crippen molar-refractivity contribution in [3.05, 3.63) is 124 Å². The van der Waals surface area contributed by atoms with E-state index in [4.69, 9.17) is 17.3 Å². The number of benzene rings is 2. The maximum atomic E-state index is 10.6. The lowest BCUT2D eigenvalue weighted by molar-refractivity contribution is 0.0569. The zero-order chi connectivity index (χ0) is 26.3. The molecule has 4 N–H and O–H groups in total. The molecule has 2 unspecified atom stereocenters. The fourth-order valence-electron chi connectivity index (χ4n) is 4.08. The Bertz CT molecular complexity index is 1200. The minimum atomic E-state index is -0.946. The van der Waals surface area contributed by atoms with Crippen LogP contribution in [0.3, 0.4) is 0 Å². The van der Waals surface area contributed by atoms with Gasteiger partial charge in [0.1, 0.15) is 11.0 Å². The van der Waals surface area contributed by atoms with E-state index >= 15 is 0 Å². The van der Waals surface area contributed by atoms with Crippen LogP contribution >= 0.6 is 11.6 Å². The first-order chi connectivity index (χ1) is 17.0. The van der Waals surface area contributed by atoms with E-state index in [0.29, 0.717) is 23.8 Å². The zero-order valence-corrected chi connectivity index (χ0v) is 22.0. The molecular formula is C30H34ClN3O2. The lowest BCUT2D eigenvalue weighted by Crippen LogP contribution is -2.25. The summed E-state index contributed by atoms with van der Waals surface area (Å²) in [5.74, 6) is 0.428. The van der Waals surface area contributed by atoms with Gasteiger partial charge in [-0.05, 0) is 85.3 Å². The summed E-state index contributed by atoms with van der Waals surface area (Å²) in [5, 5.41) is 21.6. The van der Waals surface area contributed by atoms with Gasteiger partial charge in [0.15, 0.2) is 0 Å². The number of nitrogen functional groups attached to an aromatic ring is 1. The molecule has 36 heavy (non-hydrogen) atoms. The molecule has 0 fully saturated rings. The van der Waals surface area contributed by atoms with Gasteiger partial charge in [0.2, 0.25) is 0 Å². The van der Waals surface area contributed by atoms with E-state index in [1.807, 2.05) is 62.4 Å². The second kappa shape index (κ2) is 11.7. The van der Waals surface area contributed by atoms with Crippen molar-refractivity contribution in [3.63, 3.8) is 0 Å². The Balaban J connectivity index is 0.000000201. The van der Waals surface area contributed by atoms with Gasteiger partial charge in [-0.2, -0.15) is 0 Å². The summed E-state index contributed by atoms with van der Waals surface area (Å²) in [6.07, 6.45) is 4.35. The fraction of sp³-hybridized carbons (Fsp3) is 0.267. The Kier molecular flexibility index (Phi) is 8.85. The largest absolute Gasteiger partial charge is 0.385 e. The summed E-state index contributed by atoms with van der Waals surface area (Å²) >= 11 is 5.86. The standard InChI is InChI=1S/C15H16ClNO.C15H18N2O/c2*1-11-5-3-4-6-12(11)10-15(2,18)13-7-8-17-14(16)9-13/h3-9,18H,10H2,1-2H3;3-9,18H,10H2,1-2H3,(H2,16,17). The Morgan fingerprint density at radius 3 is 1.61 bits per heavy atom. The molecule has 0 saturated carbocycles. The Morgan fingerprint density at radius 2 is 1.17 bits per heavy atom. The van der Waals surface area contributed by atoms with Gasteiger partial charge in [-0.15, -0.1) is 0 Å². The average Bonchev–Trinajstić information content (AvgIpc) is 2.82. The van der Waals surface area contributed by atoms with Crippen LogP contribution in [-0.4, -0.2) is 20.2 Å². The van der Waals surface area contributed by atoms with Crippen LogP contribution in [0.2, 0.25) is 5.15 Å². The monoisotopic (exact) mass is 503 g/mol. The number of aryl methyl sites for hydroxylation is 2. The third-order valence-electron chi connectivity index (χ3n) is 6.34. The lowest BCUT2D eigenvalue weighted by atomic mass is 9.88. The number of halogens is 1. The fourth-order valence-corrected chi connectivity index (χ4v) is 4.26. The van der Waals surface area contributed by atoms with Gasteiger partial charge >= 0.3 is 0 Å². The van der Waals surface area contributed by atoms with E-state index < -0.39 is 11.2 Å². The van der Waals surface area contributed by atoms with E-state index in [9.17, 15) is 10.2 Å². The zero-order valence-electron chi connectivity index (χ0n) is 21.2. The predicted molar refractivity (Wildman–Crippen MR) is 147 cm³/mol. The molecule has 2 aromatic heterocycles. The van der Waals surface area contributed by atoms with E-state index in [-0.39, 0.29) is 0 Å². The SMILES string of the molecule is Cc1ccccc1CC(C)(O)c1ccnc(Cl)c1.Cc1ccccc1CC(C)(O)c1ccnc(N)c1. The highest BCUT2D eigenvalue weighted by atomic mass is 35.5. The quantitative estimate of drug-likeness (QED) is 0.284. The molecule has 0 radical (unpaired) electrons. The van der Waals surface area contributed by atoms with Gasteiger partial charge in [0, 0.05) is 25.2 Å². The van der Waals surface area contributed by atoms with Gasteiger partial charge < -0.3 is 15.9 Å². The molecule has 2 aromatic carbocycles. The van der Waals surface area contributed by atoms with E-state index in [0.717, 1.165) is 22.3 Å². The van der Waals surface area contributed by atoms with Crippen LogP contribution in [0.1, 0.15) is 47.2 Å². The van der Waals surface area contributed by atoms with Crippen molar-refractivity contribution in [2.45, 2.75) is 51.7 Å². The second-order valence-corrected chi connectivity index (χ2v) is 9.98. The molecule has 2 heterocycles. The predicted octanol–water partition coefficient (Wildman–Crippen LogP) is 5.92. The summed E-state index contributed by atoms with van der Waals surface area (Å²) in [6.45, 7) is 7.69. The van der Waals surface area contributed by atoms with E-state index in [2.05, 4.69) is 9.97 Å². The van der Waals surface area contributed by atoms with E-state index in [1.54, 1.807) is 50.5 Å². The van der Waals surface area contributed by atoms with Crippen molar-refractivity contribution in [1.82, 2.24) is 9.97 Å². The summed E-state index contributed by atoms with van der Waals surface area (Å²) in [5.41, 5.74) is 9.97. The number of nitrogens with zero attached hydrogens (tertiary/aromatic N) is 2. The van der Waals surface area contributed by atoms with Crippen LogP contribution < -0.4 is 5.73 Å². The van der Waals surface area contributed by atoms with Crippen LogP contribution in [0.25, 0.3) is 0 Å².